The van der Waals surface area contributed by atoms with Crippen LogP contribution in [0, 0.1) is 0 Å². The molecule has 3 nitrogen and oxygen atoms in total. The highest BCUT2D eigenvalue weighted by molar-refractivity contribution is 8.01. The molecule has 0 aromatic carbocycles. The van der Waals surface area contributed by atoms with E-state index in [0.717, 1.165) is 4.34 Å². The second kappa shape index (κ2) is 5.68. The summed E-state index contributed by atoms with van der Waals surface area (Å²) in [6, 6.07) is 0. The molecule has 16 heavy (non-hydrogen) atoms. The summed E-state index contributed by atoms with van der Waals surface area (Å²) < 4.78 is 0.892. The highest BCUT2D eigenvalue weighted by atomic mass is 32.2. The van der Waals surface area contributed by atoms with Crippen molar-refractivity contribution in [3.63, 3.8) is 0 Å². The van der Waals surface area contributed by atoms with Crippen LogP contribution in [-0.2, 0) is 4.79 Å². The van der Waals surface area contributed by atoms with Crippen LogP contribution in [0.4, 0.5) is 0 Å². The molecule has 5 heteroatoms. The van der Waals surface area contributed by atoms with E-state index in [2.05, 4.69) is 10.4 Å². The molecule has 1 N–H and O–H groups in total. The number of carboxylic acids is 1. The van der Waals surface area contributed by atoms with E-state index in [1.165, 1.54) is 49.6 Å². The Morgan fingerprint density at radius 1 is 1.50 bits per heavy atom. The Labute approximate surface area is 103 Å². The molecule has 0 amide bonds. The van der Waals surface area contributed by atoms with Crippen molar-refractivity contribution >= 4 is 29.1 Å². The Kier molecular flexibility index (Phi) is 4.23. The number of thioether (sulfide) groups is 1. The van der Waals surface area contributed by atoms with Crippen molar-refractivity contribution in [2.45, 2.75) is 42.4 Å². The smallest absolute Gasteiger partial charge is 0.313 e. The standard InChI is InChI=1S/C11H15NO2S2/c13-10(14)7-16-11-12-9(6-15-11)8-4-2-1-3-5-8/h6,8H,1-5,7H2,(H,13,14). The molecule has 1 heterocycles. The first kappa shape index (κ1) is 11.9. The third-order valence-corrected chi connectivity index (χ3v) is 4.87. The van der Waals surface area contributed by atoms with Crippen LogP contribution in [0.1, 0.15) is 43.7 Å². The topological polar surface area (TPSA) is 50.2 Å². The molecule has 0 unspecified atom stereocenters. The van der Waals surface area contributed by atoms with Gasteiger partial charge in [-0.15, -0.1) is 11.3 Å². The maximum Gasteiger partial charge on any atom is 0.313 e. The molecular formula is C11H15NO2S2. The van der Waals surface area contributed by atoms with Gasteiger partial charge in [-0.3, -0.25) is 4.79 Å². The highest BCUT2D eigenvalue weighted by Gasteiger charge is 2.18. The van der Waals surface area contributed by atoms with E-state index < -0.39 is 5.97 Å². The summed E-state index contributed by atoms with van der Waals surface area (Å²) in [4.78, 5) is 15.0. The predicted octanol–water partition coefficient (Wildman–Crippen LogP) is 3.37. The second-order valence-electron chi connectivity index (χ2n) is 4.06. The van der Waals surface area contributed by atoms with Gasteiger partial charge in [0.15, 0.2) is 4.34 Å². The summed E-state index contributed by atoms with van der Waals surface area (Å²) in [6.45, 7) is 0. The van der Waals surface area contributed by atoms with E-state index in [-0.39, 0.29) is 5.75 Å². The Hall–Kier alpha value is -0.550. The number of hydrogen-bond acceptors (Lipinski definition) is 4. The Morgan fingerprint density at radius 3 is 2.94 bits per heavy atom. The van der Waals surface area contributed by atoms with Crippen LogP contribution in [-0.4, -0.2) is 21.8 Å². The van der Waals surface area contributed by atoms with Gasteiger partial charge >= 0.3 is 5.97 Å². The van der Waals surface area contributed by atoms with Gasteiger partial charge in [0.05, 0.1) is 11.4 Å². The monoisotopic (exact) mass is 257 g/mol. The lowest BCUT2D eigenvalue weighted by Gasteiger charge is -2.19. The molecule has 1 fully saturated rings. The number of carboxylic acid groups (broad SMARTS) is 1. The van der Waals surface area contributed by atoms with Crippen LogP contribution in [0.25, 0.3) is 0 Å². The minimum atomic E-state index is -0.778. The number of thiazole rings is 1. The minimum absolute atomic E-state index is 0.109. The van der Waals surface area contributed by atoms with Crippen LogP contribution in [0.5, 0.6) is 0 Å². The number of aromatic nitrogens is 1. The molecule has 0 aliphatic heterocycles. The van der Waals surface area contributed by atoms with Gasteiger partial charge in [0.2, 0.25) is 0 Å². The summed E-state index contributed by atoms with van der Waals surface area (Å²) in [5, 5.41) is 10.7. The fraction of sp³-hybridized carbons (Fsp3) is 0.636. The summed E-state index contributed by atoms with van der Waals surface area (Å²) in [5.74, 6) is -0.0546. The fourth-order valence-electron chi connectivity index (χ4n) is 2.04. The van der Waals surface area contributed by atoms with Gasteiger partial charge in [-0.25, -0.2) is 4.98 Å². The number of rotatable bonds is 4. The third kappa shape index (κ3) is 3.22. The normalized spacial score (nSPS) is 17.5. The van der Waals surface area contributed by atoms with Crippen molar-refractivity contribution in [2.75, 3.05) is 5.75 Å². The summed E-state index contributed by atoms with van der Waals surface area (Å²) in [5.41, 5.74) is 1.18. The lowest BCUT2D eigenvalue weighted by molar-refractivity contribution is -0.133. The van der Waals surface area contributed by atoms with Gasteiger partial charge in [0, 0.05) is 11.3 Å². The first-order valence-electron chi connectivity index (χ1n) is 5.55. The molecule has 1 aromatic rings. The number of aliphatic carboxylic acids is 1. The summed E-state index contributed by atoms with van der Waals surface area (Å²) in [6.07, 6.45) is 6.44. The van der Waals surface area contributed by atoms with Crippen molar-refractivity contribution in [1.82, 2.24) is 4.98 Å². The van der Waals surface area contributed by atoms with Crippen LogP contribution in [0.15, 0.2) is 9.72 Å². The quantitative estimate of drug-likeness (QED) is 0.840. The van der Waals surface area contributed by atoms with Crippen LogP contribution < -0.4 is 0 Å². The predicted molar refractivity (Wildman–Crippen MR) is 66.3 cm³/mol. The Bertz CT molecular complexity index is 359. The molecule has 2 rings (SSSR count). The van der Waals surface area contributed by atoms with E-state index in [4.69, 9.17) is 5.11 Å². The zero-order valence-electron chi connectivity index (χ0n) is 9.02. The molecule has 0 spiro atoms. The molecule has 1 aliphatic carbocycles. The highest BCUT2D eigenvalue weighted by Crippen LogP contribution is 2.34. The van der Waals surface area contributed by atoms with Crippen LogP contribution >= 0.6 is 23.1 Å². The largest absolute Gasteiger partial charge is 0.481 e. The minimum Gasteiger partial charge on any atom is -0.481 e. The molecule has 1 aromatic heterocycles. The molecule has 0 atom stereocenters. The molecule has 1 aliphatic rings. The summed E-state index contributed by atoms with van der Waals surface area (Å²) >= 11 is 2.89. The van der Waals surface area contributed by atoms with Crippen molar-refractivity contribution in [3.8, 4) is 0 Å². The van der Waals surface area contributed by atoms with Gasteiger partial charge in [-0.05, 0) is 12.8 Å². The number of carbonyl (C=O) groups is 1. The van der Waals surface area contributed by atoms with Crippen molar-refractivity contribution in [3.05, 3.63) is 11.1 Å². The summed E-state index contributed by atoms with van der Waals surface area (Å²) in [7, 11) is 0. The molecule has 0 bridgehead atoms. The van der Waals surface area contributed by atoms with Crippen LogP contribution in [0.2, 0.25) is 0 Å². The van der Waals surface area contributed by atoms with Gasteiger partial charge in [0.25, 0.3) is 0 Å². The SMILES string of the molecule is O=C(O)CSc1nc(C2CCCCC2)cs1. The van der Waals surface area contributed by atoms with Gasteiger partial charge in [-0.1, -0.05) is 31.0 Å². The average Bonchev–Trinajstić information content (AvgIpc) is 2.76. The molecule has 1 saturated carbocycles. The maximum atomic E-state index is 10.4. The zero-order valence-corrected chi connectivity index (χ0v) is 10.6. The lowest BCUT2D eigenvalue weighted by atomic mass is 9.87. The molecular weight excluding hydrogens is 242 g/mol. The Morgan fingerprint density at radius 2 is 2.25 bits per heavy atom. The fourth-order valence-corrected chi connectivity index (χ4v) is 3.68. The average molecular weight is 257 g/mol. The van der Waals surface area contributed by atoms with E-state index >= 15 is 0 Å². The lowest BCUT2D eigenvalue weighted by Crippen LogP contribution is -2.04. The molecule has 88 valence electrons. The van der Waals surface area contributed by atoms with E-state index in [0.29, 0.717) is 5.92 Å². The van der Waals surface area contributed by atoms with Gasteiger partial charge < -0.3 is 5.11 Å². The van der Waals surface area contributed by atoms with E-state index in [9.17, 15) is 4.79 Å². The maximum absolute atomic E-state index is 10.4. The second-order valence-corrected chi connectivity index (χ2v) is 6.14. The van der Waals surface area contributed by atoms with E-state index in [1.807, 2.05) is 0 Å². The van der Waals surface area contributed by atoms with E-state index in [1.54, 1.807) is 11.3 Å². The van der Waals surface area contributed by atoms with Crippen molar-refractivity contribution in [2.24, 2.45) is 0 Å². The number of nitrogens with zero attached hydrogens (tertiary/aromatic N) is 1. The van der Waals surface area contributed by atoms with Crippen LogP contribution in [0.3, 0.4) is 0 Å². The van der Waals surface area contributed by atoms with Crippen molar-refractivity contribution < 1.29 is 9.90 Å². The first-order valence-corrected chi connectivity index (χ1v) is 7.42. The zero-order chi connectivity index (χ0) is 11.4. The van der Waals surface area contributed by atoms with Gasteiger partial charge in [0.1, 0.15) is 0 Å². The molecule has 0 saturated heterocycles. The van der Waals surface area contributed by atoms with Crippen molar-refractivity contribution in [1.29, 1.82) is 0 Å². The number of hydrogen-bond donors (Lipinski definition) is 1. The van der Waals surface area contributed by atoms with Gasteiger partial charge in [-0.2, -0.15) is 0 Å². The molecule has 0 radical (unpaired) electrons. The first-order chi connectivity index (χ1) is 7.75. The Balaban J connectivity index is 1.93. The third-order valence-electron chi connectivity index (χ3n) is 2.84.